The molecular formula is C29H33N3O3S. The minimum absolute atomic E-state index is 0.0531. The Labute approximate surface area is 217 Å². The van der Waals surface area contributed by atoms with E-state index in [-0.39, 0.29) is 11.9 Å². The quantitative estimate of drug-likeness (QED) is 0.413. The molecule has 1 atom stereocenters. The number of ether oxygens (including phenoxy) is 2. The zero-order chi connectivity index (χ0) is 24.9. The standard InChI is InChI=1S/C29H33N3O3S/c1-34-23-10-11-24(27(18-23)35-2)25-19-26(28-9-6-16-36-28)32(30-25)29(33)20-31-14-12-22(13-15-31)17-21-7-4-3-5-8-21/h3-11,16,18,22,26H,12-15,17,19-20H2,1-2H3/t26-/m0/s1. The number of hydrogen-bond donors (Lipinski definition) is 0. The van der Waals surface area contributed by atoms with E-state index in [0.29, 0.717) is 24.6 Å². The monoisotopic (exact) mass is 503 g/mol. The summed E-state index contributed by atoms with van der Waals surface area (Å²) in [6.45, 7) is 2.30. The van der Waals surface area contributed by atoms with E-state index in [1.165, 1.54) is 5.56 Å². The topological polar surface area (TPSA) is 54.4 Å². The van der Waals surface area contributed by atoms with Gasteiger partial charge in [0.25, 0.3) is 5.91 Å². The zero-order valence-electron chi connectivity index (χ0n) is 20.9. The number of piperidine rings is 1. The molecule has 1 aromatic heterocycles. The molecule has 0 bridgehead atoms. The molecule has 188 valence electrons. The van der Waals surface area contributed by atoms with Gasteiger partial charge in [-0.2, -0.15) is 5.10 Å². The van der Waals surface area contributed by atoms with Crippen LogP contribution in [0, 0.1) is 5.92 Å². The van der Waals surface area contributed by atoms with Gasteiger partial charge in [-0.25, -0.2) is 5.01 Å². The van der Waals surface area contributed by atoms with Crippen molar-refractivity contribution in [2.45, 2.75) is 31.7 Å². The number of thiophene rings is 1. The fraction of sp³-hybridized carbons (Fsp3) is 0.379. The smallest absolute Gasteiger partial charge is 0.257 e. The Morgan fingerprint density at radius 3 is 2.53 bits per heavy atom. The van der Waals surface area contributed by atoms with Gasteiger partial charge in [0.05, 0.1) is 32.5 Å². The normalized spacial score (nSPS) is 18.8. The lowest BCUT2D eigenvalue weighted by Crippen LogP contribution is -2.42. The van der Waals surface area contributed by atoms with E-state index in [1.807, 2.05) is 24.3 Å². The molecule has 0 aliphatic carbocycles. The molecule has 0 spiro atoms. The summed E-state index contributed by atoms with van der Waals surface area (Å²) in [6, 6.07) is 20.5. The van der Waals surface area contributed by atoms with Gasteiger partial charge in [0.15, 0.2) is 0 Å². The van der Waals surface area contributed by atoms with Crippen LogP contribution in [-0.2, 0) is 11.2 Å². The number of hydrazone groups is 1. The molecule has 3 aromatic rings. The van der Waals surface area contributed by atoms with Crippen molar-refractivity contribution >= 4 is 23.0 Å². The highest BCUT2D eigenvalue weighted by molar-refractivity contribution is 7.10. The van der Waals surface area contributed by atoms with Crippen LogP contribution in [0.5, 0.6) is 11.5 Å². The number of rotatable bonds is 8. The Morgan fingerprint density at radius 2 is 1.83 bits per heavy atom. The molecule has 0 unspecified atom stereocenters. The van der Waals surface area contributed by atoms with Gasteiger partial charge < -0.3 is 9.47 Å². The van der Waals surface area contributed by atoms with Gasteiger partial charge in [-0.05, 0) is 67.4 Å². The van der Waals surface area contributed by atoms with E-state index in [4.69, 9.17) is 14.6 Å². The number of likely N-dealkylation sites (tertiary alicyclic amines) is 1. The fourth-order valence-electron chi connectivity index (χ4n) is 5.20. The van der Waals surface area contributed by atoms with Gasteiger partial charge in [0.1, 0.15) is 11.5 Å². The number of carbonyl (C=O) groups excluding carboxylic acids is 1. The van der Waals surface area contributed by atoms with Crippen molar-refractivity contribution in [1.29, 1.82) is 0 Å². The second-order valence-corrected chi connectivity index (χ2v) is 10.5. The number of benzene rings is 2. The number of hydrogen-bond acceptors (Lipinski definition) is 6. The summed E-state index contributed by atoms with van der Waals surface area (Å²) in [5, 5.41) is 8.62. The Kier molecular flexibility index (Phi) is 7.68. The zero-order valence-corrected chi connectivity index (χ0v) is 21.7. The molecule has 2 aromatic carbocycles. The molecular weight excluding hydrogens is 470 g/mol. The Bertz CT molecular complexity index is 1190. The van der Waals surface area contributed by atoms with E-state index in [9.17, 15) is 4.79 Å². The van der Waals surface area contributed by atoms with E-state index in [0.717, 1.165) is 54.3 Å². The highest BCUT2D eigenvalue weighted by Gasteiger charge is 2.35. The second-order valence-electron chi connectivity index (χ2n) is 9.50. The second kappa shape index (κ2) is 11.3. The van der Waals surface area contributed by atoms with Crippen LogP contribution in [0.15, 0.2) is 71.1 Å². The summed E-state index contributed by atoms with van der Waals surface area (Å²) in [5.74, 6) is 2.16. The predicted octanol–water partition coefficient (Wildman–Crippen LogP) is 5.40. The summed E-state index contributed by atoms with van der Waals surface area (Å²) in [6.07, 6.45) is 4.02. The van der Waals surface area contributed by atoms with Gasteiger partial charge in [0.2, 0.25) is 0 Å². The molecule has 2 aliphatic rings. The maximum Gasteiger partial charge on any atom is 0.257 e. The van der Waals surface area contributed by atoms with Crippen molar-refractivity contribution < 1.29 is 14.3 Å². The highest BCUT2D eigenvalue weighted by atomic mass is 32.1. The Morgan fingerprint density at radius 1 is 1.03 bits per heavy atom. The van der Waals surface area contributed by atoms with Crippen LogP contribution in [-0.4, -0.2) is 55.4 Å². The molecule has 36 heavy (non-hydrogen) atoms. The van der Waals surface area contributed by atoms with Crippen LogP contribution in [0.1, 0.15) is 41.3 Å². The molecule has 1 saturated heterocycles. The van der Waals surface area contributed by atoms with Crippen molar-refractivity contribution in [3.05, 3.63) is 82.0 Å². The summed E-state index contributed by atoms with van der Waals surface area (Å²) in [4.78, 5) is 17.0. The Balaban J connectivity index is 1.28. The first-order valence-electron chi connectivity index (χ1n) is 12.6. The van der Waals surface area contributed by atoms with Crippen molar-refractivity contribution in [2.75, 3.05) is 33.9 Å². The maximum absolute atomic E-state index is 13.6. The van der Waals surface area contributed by atoms with Crippen LogP contribution in [0.3, 0.4) is 0 Å². The first kappa shape index (κ1) is 24.5. The lowest BCUT2D eigenvalue weighted by molar-refractivity contribution is -0.134. The van der Waals surface area contributed by atoms with E-state index in [2.05, 4.69) is 46.7 Å². The molecule has 6 nitrogen and oxygen atoms in total. The van der Waals surface area contributed by atoms with E-state index in [1.54, 1.807) is 30.6 Å². The fourth-order valence-corrected chi connectivity index (χ4v) is 6.01. The minimum Gasteiger partial charge on any atom is -0.497 e. The van der Waals surface area contributed by atoms with Crippen LogP contribution in [0.4, 0.5) is 0 Å². The summed E-state index contributed by atoms with van der Waals surface area (Å²) in [5.41, 5.74) is 3.17. The molecule has 7 heteroatoms. The largest absolute Gasteiger partial charge is 0.497 e. The van der Waals surface area contributed by atoms with Crippen molar-refractivity contribution in [3.8, 4) is 11.5 Å². The van der Waals surface area contributed by atoms with Crippen LogP contribution in [0.2, 0.25) is 0 Å². The van der Waals surface area contributed by atoms with Gasteiger partial charge >= 0.3 is 0 Å². The third-order valence-electron chi connectivity index (χ3n) is 7.19. The number of methoxy groups -OCH3 is 2. The first-order valence-corrected chi connectivity index (χ1v) is 13.4. The number of nitrogens with zero attached hydrogens (tertiary/aromatic N) is 3. The van der Waals surface area contributed by atoms with Crippen molar-refractivity contribution in [3.63, 3.8) is 0 Å². The lowest BCUT2D eigenvalue weighted by atomic mass is 9.90. The number of amides is 1. The molecule has 0 saturated carbocycles. The van der Waals surface area contributed by atoms with E-state index < -0.39 is 0 Å². The molecule has 0 radical (unpaired) electrons. The average Bonchev–Trinajstić information content (AvgIpc) is 3.60. The SMILES string of the molecule is COc1ccc(C2=NN(C(=O)CN3CCC(Cc4ccccc4)CC3)[C@H](c3cccs3)C2)c(OC)c1. The molecule has 3 heterocycles. The van der Waals surface area contributed by atoms with Crippen LogP contribution in [0.25, 0.3) is 0 Å². The summed E-state index contributed by atoms with van der Waals surface area (Å²) >= 11 is 1.67. The van der Waals surface area contributed by atoms with Gasteiger partial charge in [0, 0.05) is 22.9 Å². The molecule has 1 fully saturated rings. The molecule has 5 rings (SSSR count). The predicted molar refractivity (Wildman–Crippen MR) is 144 cm³/mol. The minimum atomic E-state index is -0.0880. The summed E-state index contributed by atoms with van der Waals surface area (Å²) < 4.78 is 11.0. The van der Waals surface area contributed by atoms with Crippen molar-refractivity contribution in [2.24, 2.45) is 11.0 Å². The lowest BCUT2D eigenvalue weighted by Gasteiger charge is -2.32. The molecule has 0 N–H and O–H groups in total. The first-order chi connectivity index (χ1) is 17.6. The van der Waals surface area contributed by atoms with Gasteiger partial charge in [-0.3, -0.25) is 9.69 Å². The molecule has 1 amide bonds. The third kappa shape index (κ3) is 5.47. The Hall–Kier alpha value is -3.16. The van der Waals surface area contributed by atoms with Gasteiger partial charge in [-0.15, -0.1) is 11.3 Å². The van der Waals surface area contributed by atoms with Gasteiger partial charge in [-0.1, -0.05) is 36.4 Å². The van der Waals surface area contributed by atoms with Crippen LogP contribution >= 0.6 is 11.3 Å². The number of carbonyl (C=O) groups is 1. The van der Waals surface area contributed by atoms with Crippen LogP contribution < -0.4 is 9.47 Å². The highest BCUT2D eigenvalue weighted by Crippen LogP contribution is 2.38. The third-order valence-corrected chi connectivity index (χ3v) is 8.16. The van der Waals surface area contributed by atoms with Crippen molar-refractivity contribution in [1.82, 2.24) is 9.91 Å². The maximum atomic E-state index is 13.6. The summed E-state index contributed by atoms with van der Waals surface area (Å²) in [7, 11) is 3.29. The molecule has 2 aliphatic heterocycles. The van der Waals surface area contributed by atoms with E-state index >= 15 is 0 Å². The average molecular weight is 504 g/mol.